The molecule has 2 amide bonds. The van der Waals surface area contributed by atoms with E-state index < -0.39 is 24.6 Å². The van der Waals surface area contributed by atoms with E-state index >= 15 is 0 Å². The summed E-state index contributed by atoms with van der Waals surface area (Å²) in [6.45, 7) is 3.89. The van der Waals surface area contributed by atoms with Crippen LogP contribution in [0.2, 0.25) is 5.02 Å². The van der Waals surface area contributed by atoms with Crippen LogP contribution in [0, 0.1) is 5.92 Å². The quantitative estimate of drug-likeness (QED) is 0.295. The number of rotatable bonds is 10. The van der Waals surface area contributed by atoms with Gasteiger partial charge in [0.25, 0.3) is 11.8 Å². The minimum Gasteiger partial charge on any atom is -0.426 e. The van der Waals surface area contributed by atoms with E-state index in [0.717, 1.165) is 16.3 Å². The van der Waals surface area contributed by atoms with Gasteiger partial charge in [-0.1, -0.05) is 67.0 Å². The Morgan fingerprint density at radius 3 is 2.68 bits per heavy atom. The van der Waals surface area contributed by atoms with Gasteiger partial charge in [-0.3, -0.25) is 14.6 Å². The Labute approximate surface area is 226 Å². The van der Waals surface area contributed by atoms with Crippen LogP contribution in [0.1, 0.15) is 42.7 Å². The summed E-state index contributed by atoms with van der Waals surface area (Å²) in [7, 11) is -1.74. The molecule has 0 aliphatic carbocycles. The molecule has 0 radical (unpaired) electrons. The van der Waals surface area contributed by atoms with Gasteiger partial charge in [-0.15, -0.1) is 0 Å². The molecule has 0 saturated heterocycles. The third kappa shape index (κ3) is 6.50. The highest BCUT2D eigenvalue weighted by Gasteiger charge is 2.48. The zero-order valence-electron chi connectivity index (χ0n) is 21.2. The molecule has 2 heterocycles. The Morgan fingerprint density at radius 1 is 1.16 bits per heavy atom. The standard InChI is InChI=1S/C27H30BClN4O5/c1-17(2)12-23(28(36)37)32-26(35)27(14-18-6-5-8-20(29)13-18)15-21(33-38-27)16-31-25(34)24-22-9-4-3-7-19(22)10-11-30-24/h3-11,13,17,23,36-37H,12,14-16H2,1-2H3,(H,31,34)(H,32,35). The number of nitrogens with one attached hydrogen (secondary N) is 2. The molecule has 3 aromatic rings. The van der Waals surface area contributed by atoms with E-state index in [1.54, 1.807) is 24.4 Å². The summed E-state index contributed by atoms with van der Waals surface area (Å²) < 4.78 is 0. The van der Waals surface area contributed by atoms with Gasteiger partial charge in [0.05, 0.1) is 18.2 Å². The van der Waals surface area contributed by atoms with Gasteiger partial charge < -0.3 is 25.5 Å². The van der Waals surface area contributed by atoms with Gasteiger partial charge in [-0.2, -0.15) is 0 Å². The molecule has 0 bridgehead atoms. The summed E-state index contributed by atoms with van der Waals surface area (Å²) in [4.78, 5) is 36.5. The third-order valence-corrected chi connectivity index (χ3v) is 6.61. The number of carbonyl (C=O) groups excluding carboxylic acids is 2. The van der Waals surface area contributed by atoms with E-state index in [1.165, 1.54) is 0 Å². The summed E-state index contributed by atoms with van der Waals surface area (Å²) in [6.07, 6.45) is 2.17. The molecule has 1 aromatic heterocycles. The highest BCUT2D eigenvalue weighted by atomic mass is 35.5. The lowest BCUT2D eigenvalue weighted by molar-refractivity contribution is -0.144. The average Bonchev–Trinajstić information content (AvgIpc) is 3.30. The zero-order valence-corrected chi connectivity index (χ0v) is 22.0. The number of benzene rings is 2. The van der Waals surface area contributed by atoms with E-state index in [1.807, 2.05) is 50.2 Å². The fraction of sp³-hybridized carbons (Fsp3) is 0.333. The molecule has 38 heavy (non-hydrogen) atoms. The fourth-order valence-corrected chi connectivity index (χ4v) is 4.76. The van der Waals surface area contributed by atoms with Gasteiger partial charge in [0.2, 0.25) is 5.60 Å². The smallest absolute Gasteiger partial charge is 0.426 e. The van der Waals surface area contributed by atoms with Crippen LogP contribution in [0.25, 0.3) is 10.8 Å². The number of amides is 2. The number of halogens is 1. The number of aromatic nitrogens is 1. The number of carbonyl (C=O) groups is 2. The van der Waals surface area contributed by atoms with Crippen LogP contribution in [-0.2, 0) is 16.1 Å². The molecule has 2 atom stereocenters. The maximum absolute atomic E-state index is 13.5. The second-order valence-corrected chi connectivity index (χ2v) is 10.3. The van der Waals surface area contributed by atoms with Crippen LogP contribution in [0.3, 0.4) is 0 Å². The maximum atomic E-state index is 13.5. The first-order chi connectivity index (χ1) is 18.2. The van der Waals surface area contributed by atoms with Crippen molar-refractivity contribution in [3.63, 3.8) is 0 Å². The molecule has 4 N–H and O–H groups in total. The SMILES string of the molecule is CC(C)CC(NC(=O)C1(Cc2cccc(Cl)c2)CC(CNC(=O)c2nccc3ccccc23)=NO1)B(O)O. The van der Waals surface area contributed by atoms with Gasteiger partial charge in [0, 0.05) is 29.4 Å². The van der Waals surface area contributed by atoms with Gasteiger partial charge in [-0.05, 0) is 41.5 Å². The van der Waals surface area contributed by atoms with Crippen LogP contribution in [0.5, 0.6) is 0 Å². The largest absolute Gasteiger partial charge is 0.475 e. The predicted octanol–water partition coefficient (Wildman–Crippen LogP) is 2.92. The predicted molar refractivity (Wildman–Crippen MR) is 147 cm³/mol. The summed E-state index contributed by atoms with van der Waals surface area (Å²) in [5.74, 6) is -1.68. The number of hydrogen-bond donors (Lipinski definition) is 4. The van der Waals surface area contributed by atoms with Crippen molar-refractivity contribution in [1.29, 1.82) is 0 Å². The molecule has 11 heteroatoms. The summed E-state index contributed by atoms with van der Waals surface area (Å²) in [5.41, 5.74) is 0.0461. The van der Waals surface area contributed by atoms with Gasteiger partial charge in [-0.25, -0.2) is 0 Å². The Hall–Kier alpha value is -3.47. The first-order valence-corrected chi connectivity index (χ1v) is 12.8. The third-order valence-electron chi connectivity index (χ3n) is 6.38. The van der Waals surface area contributed by atoms with Crippen molar-refractivity contribution < 1.29 is 24.5 Å². The monoisotopic (exact) mass is 536 g/mol. The van der Waals surface area contributed by atoms with Gasteiger partial charge in [0.1, 0.15) is 5.69 Å². The molecule has 1 aliphatic rings. The van der Waals surface area contributed by atoms with E-state index in [4.69, 9.17) is 16.4 Å². The number of hydrogen-bond acceptors (Lipinski definition) is 7. The molecule has 0 saturated carbocycles. The Bertz CT molecular complexity index is 1350. The molecule has 198 valence electrons. The van der Waals surface area contributed by atoms with Gasteiger partial charge >= 0.3 is 7.12 Å². The van der Waals surface area contributed by atoms with E-state index in [2.05, 4.69) is 20.8 Å². The van der Waals surface area contributed by atoms with Crippen LogP contribution >= 0.6 is 11.6 Å². The Kier molecular flexibility index (Phi) is 8.66. The lowest BCUT2D eigenvalue weighted by Gasteiger charge is -2.29. The molecule has 2 unspecified atom stereocenters. The maximum Gasteiger partial charge on any atom is 0.475 e. The topological polar surface area (TPSA) is 133 Å². The van der Waals surface area contributed by atoms with Crippen molar-refractivity contribution in [2.24, 2.45) is 11.1 Å². The lowest BCUT2D eigenvalue weighted by atomic mass is 9.74. The number of nitrogens with zero attached hydrogens (tertiary/aromatic N) is 2. The molecule has 0 fully saturated rings. The lowest BCUT2D eigenvalue weighted by Crippen LogP contribution is -2.56. The van der Waals surface area contributed by atoms with E-state index in [0.29, 0.717) is 22.8 Å². The van der Waals surface area contributed by atoms with Crippen molar-refractivity contribution >= 4 is 47.0 Å². The molecule has 2 aromatic carbocycles. The molecule has 0 spiro atoms. The number of fused-ring (bicyclic) bond motifs is 1. The molecule has 1 aliphatic heterocycles. The van der Waals surface area contributed by atoms with Crippen LogP contribution in [-0.4, -0.2) is 57.8 Å². The number of pyridine rings is 1. The molecule has 4 rings (SSSR count). The Morgan fingerprint density at radius 2 is 1.95 bits per heavy atom. The van der Waals surface area contributed by atoms with Crippen LogP contribution in [0.15, 0.2) is 65.9 Å². The minimum absolute atomic E-state index is 0.0480. The van der Waals surface area contributed by atoms with Crippen LogP contribution < -0.4 is 10.6 Å². The van der Waals surface area contributed by atoms with Crippen molar-refractivity contribution in [3.8, 4) is 0 Å². The number of oxime groups is 1. The normalized spacial score (nSPS) is 17.6. The second-order valence-electron chi connectivity index (χ2n) is 9.91. The van der Waals surface area contributed by atoms with Crippen molar-refractivity contribution in [2.45, 2.75) is 44.7 Å². The average molecular weight is 537 g/mol. The Balaban J connectivity index is 1.50. The second kappa shape index (κ2) is 11.9. The molecular formula is C27H30BClN4O5. The van der Waals surface area contributed by atoms with Crippen molar-refractivity contribution in [1.82, 2.24) is 15.6 Å². The van der Waals surface area contributed by atoms with E-state index in [9.17, 15) is 19.6 Å². The first kappa shape index (κ1) is 27.6. The first-order valence-electron chi connectivity index (χ1n) is 12.4. The van der Waals surface area contributed by atoms with Crippen LogP contribution in [0.4, 0.5) is 0 Å². The highest BCUT2D eigenvalue weighted by molar-refractivity contribution is 6.43. The zero-order chi connectivity index (χ0) is 27.3. The summed E-state index contributed by atoms with van der Waals surface area (Å²) in [6, 6.07) is 16.4. The molecule has 9 nitrogen and oxygen atoms in total. The molecular weight excluding hydrogens is 507 g/mol. The van der Waals surface area contributed by atoms with Gasteiger partial charge in [0.15, 0.2) is 0 Å². The van der Waals surface area contributed by atoms with Crippen molar-refractivity contribution in [2.75, 3.05) is 6.54 Å². The van der Waals surface area contributed by atoms with Crippen molar-refractivity contribution in [3.05, 3.63) is 77.1 Å². The van der Waals surface area contributed by atoms with E-state index in [-0.39, 0.29) is 31.2 Å². The fourth-order valence-electron chi connectivity index (χ4n) is 4.54. The minimum atomic E-state index is -1.74. The summed E-state index contributed by atoms with van der Waals surface area (Å²) in [5, 5.41) is 31.5. The summed E-state index contributed by atoms with van der Waals surface area (Å²) >= 11 is 6.16. The highest BCUT2D eigenvalue weighted by Crippen LogP contribution is 2.30.